The first-order chi connectivity index (χ1) is 10.4. The molecule has 0 bridgehead atoms. The first-order valence-electron chi connectivity index (χ1n) is 9.62. The summed E-state index contributed by atoms with van der Waals surface area (Å²) < 4.78 is 0. The van der Waals surface area contributed by atoms with Gasteiger partial charge in [-0.05, 0) is 83.6 Å². The first kappa shape index (κ1) is 15.8. The molecule has 3 rings (SSSR count). The average Bonchev–Trinajstić information content (AvgIpc) is 3.07. The van der Waals surface area contributed by atoms with E-state index in [0.717, 1.165) is 18.0 Å². The van der Waals surface area contributed by atoms with Crippen LogP contribution in [-0.4, -0.2) is 49.7 Å². The maximum absolute atomic E-state index is 3.92. The second-order valence-corrected chi connectivity index (χ2v) is 7.47. The summed E-state index contributed by atoms with van der Waals surface area (Å²) in [4.78, 5) is 2.67. The van der Waals surface area contributed by atoms with Crippen molar-refractivity contribution in [3.05, 3.63) is 0 Å². The highest BCUT2D eigenvalue weighted by molar-refractivity contribution is 4.91. The summed E-state index contributed by atoms with van der Waals surface area (Å²) in [5, 5.41) is 7.67. The fraction of sp³-hybridized carbons (Fsp3) is 1.00. The number of piperidine rings is 1. The van der Waals surface area contributed by atoms with Crippen LogP contribution in [-0.2, 0) is 0 Å². The van der Waals surface area contributed by atoms with Gasteiger partial charge in [0.05, 0.1) is 0 Å². The molecular weight excluding hydrogens is 258 g/mol. The molecule has 2 saturated heterocycles. The van der Waals surface area contributed by atoms with Gasteiger partial charge in [-0.3, -0.25) is 0 Å². The zero-order valence-corrected chi connectivity index (χ0v) is 13.8. The summed E-state index contributed by atoms with van der Waals surface area (Å²) in [5.41, 5.74) is 0. The van der Waals surface area contributed by atoms with Gasteiger partial charge in [0.15, 0.2) is 0 Å². The van der Waals surface area contributed by atoms with E-state index in [0.29, 0.717) is 0 Å². The van der Waals surface area contributed by atoms with Crippen molar-refractivity contribution in [2.24, 2.45) is 5.92 Å². The molecule has 2 heterocycles. The molecule has 3 atom stereocenters. The molecule has 3 nitrogen and oxygen atoms in total. The van der Waals surface area contributed by atoms with Gasteiger partial charge in [0.1, 0.15) is 0 Å². The molecule has 1 aliphatic carbocycles. The summed E-state index contributed by atoms with van der Waals surface area (Å²) in [6.07, 6.45) is 14.2. The molecule has 0 spiro atoms. The molecular formula is C18H35N3. The Morgan fingerprint density at radius 1 is 0.905 bits per heavy atom. The minimum atomic E-state index is 0.788. The Morgan fingerprint density at radius 2 is 1.76 bits per heavy atom. The monoisotopic (exact) mass is 293 g/mol. The Labute approximate surface area is 131 Å². The minimum absolute atomic E-state index is 0.788. The second kappa shape index (κ2) is 8.50. The van der Waals surface area contributed by atoms with Crippen molar-refractivity contribution < 1.29 is 0 Å². The summed E-state index contributed by atoms with van der Waals surface area (Å²) in [5.74, 6) is 0.899. The lowest BCUT2D eigenvalue weighted by Gasteiger charge is -2.36. The van der Waals surface area contributed by atoms with Gasteiger partial charge in [-0.25, -0.2) is 0 Å². The van der Waals surface area contributed by atoms with E-state index < -0.39 is 0 Å². The highest BCUT2D eigenvalue weighted by Crippen LogP contribution is 2.30. The SMILES string of the molecule is C1CCN(CCCNC2CCCCC2C2CCCN2)CC1. The van der Waals surface area contributed by atoms with Crippen LogP contribution in [0.4, 0.5) is 0 Å². The molecule has 0 aromatic rings. The molecule has 3 heteroatoms. The molecule has 21 heavy (non-hydrogen) atoms. The van der Waals surface area contributed by atoms with Crippen LogP contribution in [0.1, 0.15) is 64.2 Å². The molecule has 2 N–H and O–H groups in total. The summed E-state index contributed by atoms with van der Waals surface area (Å²) in [6.45, 7) is 6.48. The molecule has 0 amide bonds. The molecule has 122 valence electrons. The van der Waals surface area contributed by atoms with Crippen molar-refractivity contribution in [1.29, 1.82) is 0 Å². The maximum atomic E-state index is 3.92. The smallest absolute Gasteiger partial charge is 0.0111 e. The summed E-state index contributed by atoms with van der Waals surface area (Å²) in [6, 6.07) is 1.60. The van der Waals surface area contributed by atoms with Crippen LogP contribution in [0.5, 0.6) is 0 Å². The fourth-order valence-electron chi connectivity index (χ4n) is 4.74. The van der Waals surface area contributed by atoms with Crippen molar-refractivity contribution in [3.63, 3.8) is 0 Å². The van der Waals surface area contributed by atoms with Gasteiger partial charge in [0.25, 0.3) is 0 Å². The second-order valence-electron chi connectivity index (χ2n) is 7.47. The maximum Gasteiger partial charge on any atom is 0.0111 e. The van der Waals surface area contributed by atoms with Gasteiger partial charge in [-0.15, -0.1) is 0 Å². The van der Waals surface area contributed by atoms with Crippen molar-refractivity contribution in [2.75, 3.05) is 32.7 Å². The first-order valence-corrected chi connectivity index (χ1v) is 9.62. The normalized spacial score (nSPS) is 35.1. The molecule has 3 fully saturated rings. The van der Waals surface area contributed by atoms with Gasteiger partial charge in [0.2, 0.25) is 0 Å². The van der Waals surface area contributed by atoms with Crippen LogP contribution in [0.3, 0.4) is 0 Å². The largest absolute Gasteiger partial charge is 0.314 e. The Kier molecular flexibility index (Phi) is 6.38. The summed E-state index contributed by atoms with van der Waals surface area (Å²) in [7, 11) is 0. The van der Waals surface area contributed by atoms with Gasteiger partial charge in [0, 0.05) is 12.1 Å². The molecule has 0 aromatic heterocycles. The highest BCUT2D eigenvalue weighted by Gasteiger charge is 2.32. The third-order valence-corrected chi connectivity index (χ3v) is 5.94. The van der Waals surface area contributed by atoms with Crippen molar-refractivity contribution in [3.8, 4) is 0 Å². The van der Waals surface area contributed by atoms with Gasteiger partial charge in [-0.1, -0.05) is 19.3 Å². The van der Waals surface area contributed by atoms with E-state index in [9.17, 15) is 0 Å². The zero-order chi connectivity index (χ0) is 14.3. The van der Waals surface area contributed by atoms with Crippen molar-refractivity contribution in [2.45, 2.75) is 76.3 Å². The van der Waals surface area contributed by atoms with E-state index >= 15 is 0 Å². The topological polar surface area (TPSA) is 27.3 Å². The van der Waals surface area contributed by atoms with E-state index in [1.54, 1.807) is 0 Å². The predicted molar refractivity (Wildman–Crippen MR) is 89.7 cm³/mol. The third-order valence-electron chi connectivity index (χ3n) is 5.94. The molecule has 3 unspecified atom stereocenters. The summed E-state index contributed by atoms with van der Waals surface area (Å²) >= 11 is 0. The number of rotatable bonds is 6. The van der Waals surface area contributed by atoms with Crippen molar-refractivity contribution >= 4 is 0 Å². The number of hydrogen-bond donors (Lipinski definition) is 2. The van der Waals surface area contributed by atoms with Crippen LogP contribution in [0.25, 0.3) is 0 Å². The van der Waals surface area contributed by atoms with Crippen LogP contribution >= 0.6 is 0 Å². The quantitative estimate of drug-likeness (QED) is 0.737. The van der Waals surface area contributed by atoms with E-state index in [1.807, 2.05) is 0 Å². The lowest BCUT2D eigenvalue weighted by Crippen LogP contribution is -2.47. The molecule has 0 aromatic carbocycles. The lowest BCUT2D eigenvalue weighted by molar-refractivity contribution is 0.202. The Morgan fingerprint density at radius 3 is 2.57 bits per heavy atom. The van der Waals surface area contributed by atoms with Gasteiger partial charge in [-0.2, -0.15) is 0 Å². The van der Waals surface area contributed by atoms with E-state index in [4.69, 9.17) is 0 Å². The molecule has 0 radical (unpaired) electrons. The Bertz CT molecular complexity index is 282. The van der Waals surface area contributed by atoms with Crippen LogP contribution in [0, 0.1) is 5.92 Å². The Hall–Kier alpha value is -0.120. The van der Waals surface area contributed by atoms with E-state index in [2.05, 4.69) is 15.5 Å². The van der Waals surface area contributed by atoms with E-state index in [1.165, 1.54) is 96.9 Å². The van der Waals surface area contributed by atoms with Crippen molar-refractivity contribution in [1.82, 2.24) is 15.5 Å². The molecule has 2 aliphatic heterocycles. The fourth-order valence-corrected chi connectivity index (χ4v) is 4.74. The zero-order valence-electron chi connectivity index (χ0n) is 13.8. The number of likely N-dealkylation sites (tertiary alicyclic amines) is 1. The van der Waals surface area contributed by atoms with E-state index in [-0.39, 0.29) is 0 Å². The molecule has 1 saturated carbocycles. The van der Waals surface area contributed by atoms with Crippen LogP contribution < -0.4 is 10.6 Å². The van der Waals surface area contributed by atoms with Gasteiger partial charge >= 0.3 is 0 Å². The minimum Gasteiger partial charge on any atom is -0.314 e. The number of nitrogens with one attached hydrogen (secondary N) is 2. The standard InChI is InChI=1S/C18H35N3/c1-4-13-21(14-5-1)15-7-12-20-17-9-3-2-8-16(17)18-10-6-11-19-18/h16-20H,1-15H2. The third kappa shape index (κ3) is 4.67. The number of hydrogen-bond acceptors (Lipinski definition) is 3. The predicted octanol–water partition coefficient (Wildman–Crippen LogP) is 2.76. The Balaban J connectivity index is 1.36. The average molecular weight is 293 g/mol. The molecule has 3 aliphatic rings. The van der Waals surface area contributed by atoms with Crippen LogP contribution in [0.15, 0.2) is 0 Å². The number of nitrogens with zero attached hydrogens (tertiary/aromatic N) is 1. The lowest BCUT2D eigenvalue weighted by atomic mass is 9.79. The van der Waals surface area contributed by atoms with Gasteiger partial charge < -0.3 is 15.5 Å². The highest BCUT2D eigenvalue weighted by atomic mass is 15.1. The van der Waals surface area contributed by atoms with Crippen LogP contribution in [0.2, 0.25) is 0 Å².